The molecule has 1 unspecified atom stereocenters. The molecule has 0 saturated heterocycles. The summed E-state index contributed by atoms with van der Waals surface area (Å²) < 4.78 is 3.49. The van der Waals surface area contributed by atoms with Crippen LogP contribution in [-0.2, 0) is 12.8 Å². The maximum atomic E-state index is 11.1. The predicted molar refractivity (Wildman–Crippen MR) is 103 cm³/mol. The molecule has 0 aliphatic heterocycles. The van der Waals surface area contributed by atoms with E-state index in [1.807, 2.05) is 30.3 Å². The van der Waals surface area contributed by atoms with Crippen molar-refractivity contribution in [1.82, 2.24) is 4.57 Å². The highest BCUT2D eigenvalue weighted by Gasteiger charge is 2.27. The average Bonchev–Trinajstić information content (AvgIpc) is 3.15. The smallest absolute Gasteiger partial charge is 0.106 e. The molecule has 2 aromatic carbocycles. The van der Waals surface area contributed by atoms with Gasteiger partial charge in [0.25, 0.3) is 0 Å². The lowest BCUT2D eigenvalue weighted by molar-refractivity contribution is 0.221. The van der Waals surface area contributed by atoms with Crippen molar-refractivity contribution in [3.05, 3.63) is 69.3 Å². The van der Waals surface area contributed by atoms with Crippen molar-refractivity contribution in [2.45, 2.75) is 45.3 Å². The van der Waals surface area contributed by atoms with E-state index >= 15 is 0 Å². The molecule has 0 amide bonds. The Hall–Kier alpha value is -1.58. The average molecular weight is 384 g/mol. The summed E-state index contributed by atoms with van der Waals surface area (Å²) in [5, 5.41) is 12.4. The van der Waals surface area contributed by atoms with E-state index < -0.39 is 6.10 Å². The third-order valence-corrected chi connectivity index (χ3v) is 5.53. The second-order valence-corrected chi connectivity index (χ2v) is 7.86. The number of nitrogens with zero attached hydrogens (tertiary/aromatic N) is 1. The molecule has 1 aliphatic carbocycles. The van der Waals surface area contributed by atoms with Crippen LogP contribution >= 0.6 is 15.9 Å². The minimum Gasteiger partial charge on any atom is -0.384 e. The van der Waals surface area contributed by atoms with E-state index in [2.05, 4.69) is 46.5 Å². The molecule has 1 aliphatic rings. The molecule has 0 saturated carbocycles. The van der Waals surface area contributed by atoms with Crippen molar-refractivity contribution in [2.75, 3.05) is 0 Å². The van der Waals surface area contributed by atoms with Gasteiger partial charge in [-0.3, -0.25) is 0 Å². The largest absolute Gasteiger partial charge is 0.384 e. The molecular weight excluding hydrogens is 362 g/mol. The zero-order valence-corrected chi connectivity index (χ0v) is 15.7. The number of fused-ring (bicyclic) bond motifs is 3. The third-order valence-electron chi connectivity index (χ3n) is 5.08. The van der Waals surface area contributed by atoms with Crippen LogP contribution in [-0.4, -0.2) is 9.67 Å². The number of aromatic nitrogens is 1. The van der Waals surface area contributed by atoms with Crippen LogP contribution in [0.1, 0.15) is 54.8 Å². The van der Waals surface area contributed by atoms with E-state index in [1.54, 1.807) is 0 Å². The molecule has 0 fully saturated rings. The maximum Gasteiger partial charge on any atom is 0.106 e. The first-order chi connectivity index (χ1) is 11.6. The van der Waals surface area contributed by atoms with Gasteiger partial charge in [0, 0.05) is 27.2 Å². The summed E-state index contributed by atoms with van der Waals surface area (Å²) >= 11 is 3.66. The fourth-order valence-corrected chi connectivity index (χ4v) is 4.61. The van der Waals surface area contributed by atoms with E-state index in [0.29, 0.717) is 6.04 Å². The highest BCUT2D eigenvalue weighted by Crippen LogP contribution is 2.41. The maximum absolute atomic E-state index is 11.1. The molecule has 124 valence electrons. The standard InChI is InChI=1S/C21H22BrNO/c1-13(2)23-19-10-6-9-16(19)17-11-15(22)12-18(20(17)23)21(24)14-7-4-3-5-8-14/h3-5,7-8,11-13,21,24H,6,9-10H2,1-2H3. The fraction of sp³-hybridized carbons (Fsp3) is 0.333. The van der Waals surface area contributed by atoms with Crippen molar-refractivity contribution in [3.8, 4) is 0 Å². The summed E-state index contributed by atoms with van der Waals surface area (Å²) in [6, 6.07) is 14.6. The van der Waals surface area contributed by atoms with Crippen LogP contribution in [0.3, 0.4) is 0 Å². The second kappa shape index (κ2) is 6.05. The van der Waals surface area contributed by atoms with E-state index in [-0.39, 0.29) is 0 Å². The zero-order chi connectivity index (χ0) is 16.8. The predicted octanol–water partition coefficient (Wildman–Crippen LogP) is 5.56. The molecule has 1 atom stereocenters. The van der Waals surface area contributed by atoms with Crippen molar-refractivity contribution in [1.29, 1.82) is 0 Å². The number of benzene rings is 2. The molecule has 24 heavy (non-hydrogen) atoms. The quantitative estimate of drug-likeness (QED) is 0.629. The van der Waals surface area contributed by atoms with Crippen LogP contribution in [0.4, 0.5) is 0 Å². The molecule has 0 radical (unpaired) electrons. The highest BCUT2D eigenvalue weighted by atomic mass is 79.9. The summed E-state index contributed by atoms with van der Waals surface area (Å²) in [6.45, 7) is 4.47. The molecule has 1 heterocycles. The number of hydrogen-bond donors (Lipinski definition) is 1. The summed E-state index contributed by atoms with van der Waals surface area (Å²) in [5.41, 5.74) is 6.07. The Morgan fingerprint density at radius 3 is 2.54 bits per heavy atom. The van der Waals surface area contributed by atoms with Gasteiger partial charge in [-0.2, -0.15) is 0 Å². The van der Waals surface area contributed by atoms with Crippen molar-refractivity contribution in [2.24, 2.45) is 0 Å². The van der Waals surface area contributed by atoms with Gasteiger partial charge in [0.15, 0.2) is 0 Å². The summed E-state index contributed by atoms with van der Waals surface area (Å²) in [4.78, 5) is 0. The highest BCUT2D eigenvalue weighted by molar-refractivity contribution is 9.10. The van der Waals surface area contributed by atoms with Gasteiger partial charge in [0.2, 0.25) is 0 Å². The number of aryl methyl sites for hydroxylation is 1. The fourth-order valence-electron chi connectivity index (χ4n) is 4.13. The van der Waals surface area contributed by atoms with Gasteiger partial charge in [-0.05, 0) is 56.4 Å². The Labute approximate surface area is 151 Å². The third kappa shape index (κ3) is 2.42. The molecule has 1 N–H and O–H groups in total. The van der Waals surface area contributed by atoms with Crippen LogP contribution in [0.5, 0.6) is 0 Å². The number of hydrogen-bond acceptors (Lipinski definition) is 1. The van der Waals surface area contributed by atoms with Crippen LogP contribution in [0.15, 0.2) is 46.9 Å². The Morgan fingerprint density at radius 2 is 1.83 bits per heavy atom. The van der Waals surface area contributed by atoms with E-state index in [4.69, 9.17) is 0 Å². The zero-order valence-electron chi connectivity index (χ0n) is 14.1. The normalized spacial score (nSPS) is 15.2. The number of aliphatic hydroxyl groups excluding tert-OH is 1. The van der Waals surface area contributed by atoms with Crippen molar-refractivity contribution < 1.29 is 5.11 Å². The lowest BCUT2D eigenvalue weighted by Gasteiger charge is -2.19. The van der Waals surface area contributed by atoms with Crippen LogP contribution in [0.2, 0.25) is 0 Å². The van der Waals surface area contributed by atoms with Gasteiger partial charge >= 0.3 is 0 Å². The Morgan fingerprint density at radius 1 is 1.08 bits per heavy atom. The van der Waals surface area contributed by atoms with Gasteiger partial charge in [-0.15, -0.1) is 0 Å². The molecule has 4 rings (SSSR count). The van der Waals surface area contributed by atoms with Crippen molar-refractivity contribution >= 4 is 26.8 Å². The number of rotatable bonds is 3. The second-order valence-electron chi connectivity index (χ2n) is 6.95. The monoisotopic (exact) mass is 383 g/mol. The molecule has 0 spiro atoms. The van der Waals surface area contributed by atoms with E-state index in [0.717, 1.165) is 28.4 Å². The lowest BCUT2D eigenvalue weighted by atomic mass is 9.98. The van der Waals surface area contributed by atoms with Crippen LogP contribution in [0, 0.1) is 0 Å². The molecular formula is C21H22BrNO. The number of halogens is 1. The Balaban J connectivity index is 2.02. The topological polar surface area (TPSA) is 25.2 Å². The minimum absolute atomic E-state index is 0.386. The summed E-state index contributed by atoms with van der Waals surface area (Å²) in [7, 11) is 0. The first-order valence-corrected chi connectivity index (χ1v) is 9.45. The molecule has 3 aromatic rings. The minimum atomic E-state index is -0.612. The Kier molecular flexibility index (Phi) is 4.01. The molecule has 2 nitrogen and oxygen atoms in total. The summed E-state index contributed by atoms with van der Waals surface area (Å²) in [5.74, 6) is 0. The van der Waals surface area contributed by atoms with Gasteiger partial charge in [0.05, 0.1) is 5.52 Å². The van der Waals surface area contributed by atoms with Gasteiger partial charge in [-0.1, -0.05) is 46.3 Å². The summed E-state index contributed by atoms with van der Waals surface area (Å²) in [6.07, 6.45) is 2.90. The van der Waals surface area contributed by atoms with E-state index in [1.165, 1.54) is 28.6 Å². The first-order valence-electron chi connectivity index (χ1n) is 8.66. The lowest BCUT2D eigenvalue weighted by Crippen LogP contribution is -2.08. The molecule has 1 aromatic heterocycles. The number of aliphatic hydroxyl groups is 1. The SMILES string of the molecule is CC(C)n1c2c(c3cc(Br)cc(C(O)c4ccccc4)c31)CCC2. The van der Waals surface area contributed by atoms with Gasteiger partial charge in [-0.25, -0.2) is 0 Å². The van der Waals surface area contributed by atoms with E-state index in [9.17, 15) is 5.11 Å². The van der Waals surface area contributed by atoms with Crippen LogP contribution in [0.25, 0.3) is 10.9 Å². The first kappa shape index (κ1) is 15.9. The van der Waals surface area contributed by atoms with Crippen molar-refractivity contribution in [3.63, 3.8) is 0 Å². The van der Waals surface area contributed by atoms with Crippen LogP contribution < -0.4 is 0 Å². The molecule has 0 bridgehead atoms. The molecule has 3 heteroatoms. The van der Waals surface area contributed by atoms with Gasteiger partial charge < -0.3 is 9.67 Å². The Bertz CT molecular complexity index is 895. The van der Waals surface area contributed by atoms with Gasteiger partial charge in [0.1, 0.15) is 6.10 Å².